The molecule has 88 valence electrons. The lowest BCUT2D eigenvalue weighted by Gasteiger charge is -2.15. The van der Waals surface area contributed by atoms with E-state index >= 15 is 0 Å². The summed E-state index contributed by atoms with van der Waals surface area (Å²) in [6.45, 7) is 2.30. The number of amides is 1. The number of nitrogens with one attached hydrogen (secondary N) is 1. The largest absolute Gasteiger partial charge is 0.348 e. The normalized spacial score (nSPS) is 26.1. The molecule has 1 amide bonds. The molecular weight excluding hydrogens is 220 g/mol. The average molecular weight is 238 g/mol. The molecule has 1 fully saturated rings. The fourth-order valence-electron chi connectivity index (χ4n) is 2.22. The van der Waals surface area contributed by atoms with E-state index in [1.165, 1.54) is 30.6 Å². The van der Waals surface area contributed by atoms with Crippen LogP contribution in [0.3, 0.4) is 0 Å². The van der Waals surface area contributed by atoms with Crippen molar-refractivity contribution in [2.45, 2.75) is 45.1 Å². The van der Waals surface area contributed by atoms with Crippen LogP contribution in [0.1, 0.15) is 49.5 Å². The van der Waals surface area contributed by atoms with E-state index in [1.54, 1.807) is 10.9 Å². The first-order chi connectivity index (χ1) is 7.75. The monoisotopic (exact) mass is 238 g/mol. The van der Waals surface area contributed by atoms with Gasteiger partial charge in [0, 0.05) is 11.4 Å². The maximum atomic E-state index is 11.8. The molecule has 0 bridgehead atoms. The summed E-state index contributed by atoms with van der Waals surface area (Å²) in [5, 5.41) is 4.89. The van der Waals surface area contributed by atoms with E-state index in [-0.39, 0.29) is 5.91 Å². The number of carbonyl (C=O) groups is 1. The van der Waals surface area contributed by atoms with Crippen molar-refractivity contribution in [1.29, 1.82) is 0 Å². The minimum absolute atomic E-state index is 0.0131. The van der Waals surface area contributed by atoms with Crippen LogP contribution >= 0.6 is 11.3 Å². The van der Waals surface area contributed by atoms with Crippen molar-refractivity contribution < 1.29 is 4.79 Å². The van der Waals surface area contributed by atoms with Gasteiger partial charge < -0.3 is 5.32 Å². The Bertz CT molecular complexity index is 337. The highest BCUT2D eigenvalue weighted by Crippen LogP contribution is 2.22. The average Bonchev–Trinajstić information content (AvgIpc) is 2.72. The summed E-state index contributed by atoms with van der Waals surface area (Å²) in [4.78, 5) is 15.8. The van der Waals surface area contributed by atoms with Gasteiger partial charge in [-0.3, -0.25) is 4.79 Å². The van der Waals surface area contributed by atoms with Gasteiger partial charge >= 0.3 is 0 Å². The molecule has 0 aromatic carbocycles. The lowest BCUT2D eigenvalue weighted by molar-refractivity contribution is 0.0929. The van der Waals surface area contributed by atoms with Gasteiger partial charge in [-0.1, -0.05) is 19.8 Å². The third kappa shape index (κ3) is 3.04. The molecule has 0 saturated heterocycles. The van der Waals surface area contributed by atoms with Crippen LogP contribution in [0.5, 0.6) is 0 Å². The Morgan fingerprint density at radius 1 is 1.44 bits per heavy atom. The fraction of sp³-hybridized carbons (Fsp3) is 0.667. The Kier molecular flexibility index (Phi) is 3.93. The minimum atomic E-state index is -0.0131. The van der Waals surface area contributed by atoms with Crippen molar-refractivity contribution in [3.8, 4) is 0 Å². The summed E-state index contributed by atoms with van der Waals surface area (Å²) in [7, 11) is 0. The quantitative estimate of drug-likeness (QED) is 0.805. The number of aromatic nitrogens is 1. The molecule has 2 rings (SSSR count). The summed E-state index contributed by atoms with van der Waals surface area (Å²) >= 11 is 1.46. The van der Waals surface area contributed by atoms with E-state index in [4.69, 9.17) is 0 Å². The van der Waals surface area contributed by atoms with Gasteiger partial charge in [0.15, 0.2) is 0 Å². The van der Waals surface area contributed by atoms with E-state index in [2.05, 4.69) is 17.2 Å². The summed E-state index contributed by atoms with van der Waals surface area (Å²) in [6, 6.07) is 0.346. The topological polar surface area (TPSA) is 42.0 Å². The predicted molar refractivity (Wildman–Crippen MR) is 65.6 cm³/mol. The van der Waals surface area contributed by atoms with Gasteiger partial charge in [-0.15, -0.1) is 11.3 Å². The number of nitrogens with zero attached hydrogens (tertiary/aromatic N) is 1. The molecule has 0 spiro atoms. The van der Waals surface area contributed by atoms with Gasteiger partial charge in [-0.05, 0) is 25.2 Å². The second kappa shape index (κ2) is 5.43. The zero-order valence-corrected chi connectivity index (χ0v) is 10.4. The second-order valence-corrected chi connectivity index (χ2v) is 5.38. The molecule has 1 aliphatic carbocycles. The second-order valence-electron chi connectivity index (χ2n) is 4.66. The summed E-state index contributed by atoms with van der Waals surface area (Å²) in [6.07, 6.45) is 5.96. The van der Waals surface area contributed by atoms with Crippen LogP contribution in [0.15, 0.2) is 10.9 Å². The molecule has 2 unspecified atom stereocenters. The molecule has 1 aliphatic rings. The first-order valence-corrected chi connectivity index (χ1v) is 6.89. The Morgan fingerprint density at radius 2 is 2.31 bits per heavy atom. The zero-order chi connectivity index (χ0) is 11.4. The molecule has 1 aromatic heterocycles. The van der Waals surface area contributed by atoms with Crippen molar-refractivity contribution >= 4 is 17.2 Å². The number of thiazole rings is 1. The van der Waals surface area contributed by atoms with Crippen molar-refractivity contribution in [2.24, 2.45) is 5.92 Å². The molecule has 1 heterocycles. The highest BCUT2D eigenvalue weighted by atomic mass is 32.1. The van der Waals surface area contributed by atoms with Gasteiger partial charge in [0.2, 0.25) is 0 Å². The van der Waals surface area contributed by atoms with Gasteiger partial charge in [0.1, 0.15) is 5.69 Å². The molecule has 1 saturated carbocycles. The van der Waals surface area contributed by atoms with Gasteiger partial charge in [-0.25, -0.2) is 4.98 Å². The first kappa shape index (κ1) is 11.6. The van der Waals surface area contributed by atoms with Gasteiger partial charge in [-0.2, -0.15) is 0 Å². The molecule has 0 aliphatic heterocycles. The van der Waals surface area contributed by atoms with Crippen molar-refractivity contribution in [3.05, 3.63) is 16.6 Å². The van der Waals surface area contributed by atoms with Crippen LogP contribution in [0.4, 0.5) is 0 Å². The number of rotatable bonds is 2. The first-order valence-electron chi connectivity index (χ1n) is 5.95. The molecule has 1 aromatic rings. The summed E-state index contributed by atoms with van der Waals surface area (Å²) in [5.74, 6) is 0.793. The van der Waals surface area contributed by atoms with Crippen LogP contribution in [0.2, 0.25) is 0 Å². The number of carbonyl (C=O) groups excluding carboxylic acids is 1. The Hall–Kier alpha value is -0.900. The Labute approximate surface area is 100 Å². The minimum Gasteiger partial charge on any atom is -0.348 e. The summed E-state index contributed by atoms with van der Waals surface area (Å²) < 4.78 is 0. The Balaban J connectivity index is 1.87. The maximum absolute atomic E-state index is 11.8. The molecule has 4 heteroatoms. The maximum Gasteiger partial charge on any atom is 0.270 e. The SMILES string of the molecule is CC1CCCC(NC(=O)c2cscn2)CC1. The standard InChI is InChI=1S/C12H18N2OS/c1-9-3-2-4-10(6-5-9)14-12(15)11-7-16-8-13-11/h7-10H,2-6H2,1H3,(H,14,15). The van der Waals surface area contributed by atoms with E-state index in [0.717, 1.165) is 18.8 Å². The van der Waals surface area contributed by atoms with Crippen LogP contribution in [0, 0.1) is 5.92 Å². The van der Waals surface area contributed by atoms with E-state index in [1.807, 2.05) is 0 Å². The van der Waals surface area contributed by atoms with Crippen molar-refractivity contribution in [1.82, 2.24) is 10.3 Å². The molecule has 0 radical (unpaired) electrons. The zero-order valence-electron chi connectivity index (χ0n) is 9.61. The lowest BCUT2D eigenvalue weighted by Crippen LogP contribution is -2.34. The molecule has 16 heavy (non-hydrogen) atoms. The predicted octanol–water partition coefficient (Wildman–Crippen LogP) is 2.84. The van der Waals surface area contributed by atoms with E-state index in [9.17, 15) is 4.79 Å². The van der Waals surface area contributed by atoms with Crippen LogP contribution < -0.4 is 5.32 Å². The van der Waals surface area contributed by atoms with Crippen LogP contribution in [-0.4, -0.2) is 16.9 Å². The third-order valence-electron chi connectivity index (χ3n) is 3.26. The number of hydrogen-bond donors (Lipinski definition) is 1. The molecule has 3 nitrogen and oxygen atoms in total. The molecule has 1 N–H and O–H groups in total. The van der Waals surface area contributed by atoms with E-state index in [0.29, 0.717) is 11.7 Å². The van der Waals surface area contributed by atoms with Crippen LogP contribution in [-0.2, 0) is 0 Å². The molecular formula is C12H18N2OS. The smallest absolute Gasteiger partial charge is 0.270 e. The van der Waals surface area contributed by atoms with Gasteiger partial charge in [0.05, 0.1) is 5.51 Å². The lowest BCUT2D eigenvalue weighted by atomic mass is 10.0. The van der Waals surface area contributed by atoms with Crippen molar-refractivity contribution in [2.75, 3.05) is 0 Å². The fourth-order valence-corrected chi connectivity index (χ4v) is 2.75. The highest BCUT2D eigenvalue weighted by molar-refractivity contribution is 7.07. The van der Waals surface area contributed by atoms with Crippen LogP contribution in [0.25, 0.3) is 0 Å². The van der Waals surface area contributed by atoms with Gasteiger partial charge in [0.25, 0.3) is 5.91 Å². The van der Waals surface area contributed by atoms with Crippen molar-refractivity contribution in [3.63, 3.8) is 0 Å². The Morgan fingerprint density at radius 3 is 3.06 bits per heavy atom. The summed E-state index contributed by atoms with van der Waals surface area (Å²) in [5.41, 5.74) is 2.26. The third-order valence-corrected chi connectivity index (χ3v) is 3.84. The number of hydrogen-bond acceptors (Lipinski definition) is 3. The highest BCUT2D eigenvalue weighted by Gasteiger charge is 2.18. The van der Waals surface area contributed by atoms with E-state index < -0.39 is 0 Å². The molecule has 2 atom stereocenters.